The smallest absolute Gasteiger partial charge is 0.147 e. The third-order valence-corrected chi connectivity index (χ3v) is 29.3. The van der Waals surface area contributed by atoms with Gasteiger partial charge >= 0.3 is 109 Å². The molecular weight excluding hydrogens is 370 g/mol. The monoisotopic (exact) mass is 394 g/mol. The number of hydrogen-bond donors (Lipinski definition) is 0. The molecule has 2 aliphatic rings. The van der Waals surface area contributed by atoms with E-state index in [0.717, 1.165) is 0 Å². The van der Waals surface area contributed by atoms with E-state index in [1.807, 2.05) is 6.56 Å². The largest absolute Gasteiger partial charge is 0.147 e. The predicted molar refractivity (Wildman–Crippen MR) is 92.3 cm³/mol. The molecule has 0 saturated carbocycles. The van der Waals surface area contributed by atoms with Gasteiger partial charge in [-0.1, -0.05) is 0 Å². The molecule has 0 aromatic heterocycles. The Kier molecular flexibility index (Phi) is 6.82. The fraction of sp³-hybridized carbons (Fsp3) is 0.467. The van der Waals surface area contributed by atoms with Gasteiger partial charge in [-0.15, -0.1) is 24.8 Å². The van der Waals surface area contributed by atoms with Crippen LogP contribution in [0.2, 0.25) is 8.76 Å². The first-order chi connectivity index (χ1) is 7.89. The van der Waals surface area contributed by atoms with E-state index in [1.165, 1.54) is 17.0 Å². The maximum Gasteiger partial charge on any atom is -0.147 e. The van der Waals surface area contributed by atoms with Gasteiger partial charge in [0.15, 0.2) is 0 Å². The summed E-state index contributed by atoms with van der Waals surface area (Å²) in [4.78, 5) is 0. The minimum absolute atomic E-state index is 0. The Labute approximate surface area is 132 Å². The molecule has 0 bridgehead atoms. The zero-order valence-electron chi connectivity index (χ0n) is 12.5. The summed E-state index contributed by atoms with van der Waals surface area (Å²) in [6.45, 7) is 9.46. The van der Waals surface area contributed by atoms with Gasteiger partial charge in [-0.25, -0.2) is 0 Å². The van der Waals surface area contributed by atoms with Crippen LogP contribution in [0.25, 0.3) is 0 Å². The molecule has 0 aliphatic heterocycles. The standard InChI is InChI=1S/2C6H7.C2H5.CH3.2ClH.H2Si.Zr/c2*1-6-4-2-3-5-6;1-2;;;;;/h2*2,4H,3H2,1H3;1H2,2H3;1H3;2*1H;1H2;. The Hall–Kier alpha value is 0.640. The maximum atomic E-state index is 2.66. The third kappa shape index (κ3) is 3.12. The first-order valence-electron chi connectivity index (χ1n) is 6.68. The zero-order chi connectivity index (χ0) is 12.7. The van der Waals surface area contributed by atoms with Crippen molar-refractivity contribution in [1.82, 2.24) is 0 Å². The van der Waals surface area contributed by atoms with Crippen LogP contribution in [0.15, 0.2) is 42.0 Å². The van der Waals surface area contributed by atoms with Crippen molar-refractivity contribution in [2.24, 2.45) is 0 Å². The summed E-state index contributed by atoms with van der Waals surface area (Å²) in [5.74, 6) is 0. The summed E-state index contributed by atoms with van der Waals surface area (Å²) in [7, 11) is 0. The Bertz CT molecular complexity index is 510. The summed E-state index contributed by atoms with van der Waals surface area (Å²) < 4.78 is 7.73. The normalized spacial score (nSPS) is 18.8. The zero-order valence-corrected chi connectivity index (χ0v) is 18.0. The molecule has 4 heteroatoms. The third-order valence-electron chi connectivity index (χ3n) is 5.05. The van der Waals surface area contributed by atoms with Crippen LogP contribution >= 0.6 is 24.8 Å². The van der Waals surface area contributed by atoms with Crippen molar-refractivity contribution < 1.29 is 17.4 Å². The van der Waals surface area contributed by atoms with Gasteiger partial charge in [0.2, 0.25) is 0 Å². The summed E-state index contributed by atoms with van der Waals surface area (Å²) >= 11 is -2.81. The van der Waals surface area contributed by atoms with Gasteiger partial charge in [0.05, 0.1) is 0 Å². The molecule has 0 heterocycles. The van der Waals surface area contributed by atoms with Crippen molar-refractivity contribution in [1.29, 1.82) is 0 Å². The molecule has 108 valence electrons. The van der Waals surface area contributed by atoms with Gasteiger partial charge in [-0.2, -0.15) is 0 Å². The molecule has 0 aromatic carbocycles. The van der Waals surface area contributed by atoms with Gasteiger partial charge < -0.3 is 0 Å². The van der Waals surface area contributed by atoms with Gasteiger partial charge in [-0.05, 0) is 0 Å². The van der Waals surface area contributed by atoms with E-state index >= 15 is 0 Å². The molecule has 0 amide bonds. The minimum Gasteiger partial charge on any atom is -0.147 e. The van der Waals surface area contributed by atoms with Crippen molar-refractivity contribution in [3.8, 4) is 0 Å². The summed E-state index contributed by atoms with van der Waals surface area (Å²) in [6, 6.07) is 0. The van der Waals surface area contributed by atoms with Crippen LogP contribution in [0, 0.1) is 0 Å². The number of hydrogen-bond acceptors (Lipinski definition) is 0. The molecule has 0 aromatic rings. The Morgan fingerprint density at radius 3 is 1.58 bits per heavy atom. The van der Waals surface area contributed by atoms with E-state index in [9.17, 15) is 0 Å². The van der Waals surface area contributed by atoms with Crippen LogP contribution in [0.1, 0.15) is 33.6 Å². The molecule has 0 nitrogen and oxygen atoms in total. The minimum atomic E-state index is -2.81. The first kappa shape index (κ1) is 19.6. The second kappa shape index (κ2) is 6.60. The van der Waals surface area contributed by atoms with Crippen molar-refractivity contribution in [2.45, 2.75) is 42.4 Å². The molecule has 0 N–H and O–H groups in total. The van der Waals surface area contributed by atoms with E-state index < -0.39 is 17.4 Å². The van der Waals surface area contributed by atoms with Gasteiger partial charge in [-0.3, -0.25) is 0 Å². The van der Waals surface area contributed by atoms with Gasteiger partial charge in [0.1, 0.15) is 0 Å². The van der Waals surface area contributed by atoms with Crippen LogP contribution < -0.4 is 0 Å². The molecule has 0 unspecified atom stereocenters. The van der Waals surface area contributed by atoms with Crippen LogP contribution in [0.3, 0.4) is 0 Å². The van der Waals surface area contributed by atoms with E-state index in [1.54, 1.807) is 11.1 Å². The average Bonchev–Trinajstić information content (AvgIpc) is 2.88. The Morgan fingerprint density at radius 1 is 1.00 bits per heavy atom. The van der Waals surface area contributed by atoms with Gasteiger partial charge in [0.25, 0.3) is 0 Å². The first-order valence-corrected chi connectivity index (χ1v) is 19.3. The van der Waals surface area contributed by atoms with Crippen molar-refractivity contribution in [2.75, 3.05) is 0 Å². The number of allylic oxidation sites excluding steroid dienone is 8. The maximum absolute atomic E-state index is 2.81. The summed E-state index contributed by atoms with van der Waals surface area (Å²) in [5.41, 5.74) is 3.14. The van der Waals surface area contributed by atoms with Gasteiger partial charge in [0, 0.05) is 0 Å². The quantitative estimate of drug-likeness (QED) is 0.588. The molecule has 0 spiro atoms. The van der Waals surface area contributed by atoms with Crippen molar-refractivity contribution in [3.05, 3.63) is 42.0 Å². The second-order valence-electron chi connectivity index (χ2n) is 6.18. The molecule has 2 rings (SSSR count). The Balaban J connectivity index is 0.00000162. The van der Waals surface area contributed by atoms with Crippen LogP contribution in [-0.2, 0) is 17.4 Å². The number of halogens is 2. The van der Waals surface area contributed by atoms with Crippen LogP contribution in [-0.4, -0.2) is 6.88 Å². The predicted octanol–water partition coefficient (Wildman–Crippen LogP) is 5.02. The molecule has 0 radical (unpaired) electrons. The molecule has 0 atom stereocenters. The average molecular weight is 397 g/mol. The fourth-order valence-corrected chi connectivity index (χ4v) is 21.1. The molecular formula is C15H26Cl2SiZr. The number of rotatable bonds is 3. The molecule has 19 heavy (non-hydrogen) atoms. The summed E-state index contributed by atoms with van der Waals surface area (Å²) in [5, 5.41) is 0. The van der Waals surface area contributed by atoms with E-state index in [4.69, 9.17) is 0 Å². The van der Waals surface area contributed by atoms with E-state index in [-0.39, 0.29) is 24.8 Å². The van der Waals surface area contributed by atoms with E-state index in [2.05, 4.69) is 56.6 Å². The fourth-order valence-electron chi connectivity index (χ4n) is 3.58. The van der Waals surface area contributed by atoms with Crippen LogP contribution in [0.4, 0.5) is 0 Å². The van der Waals surface area contributed by atoms with Crippen molar-refractivity contribution in [3.63, 3.8) is 0 Å². The van der Waals surface area contributed by atoms with Crippen molar-refractivity contribution >= 4 is 31.7 Å². The SMILES string of the molecule is C[CH2][Zr]([CH3])(=[SiH2])([C]1=C(C)C=CC1)[C]1=C(C)C=CC1.Cl.Cl. The summed E-state index contributed by atoms with van der Waals surface area (Å²) in [6.07, 6.45) is 11.9. The van der Waals surface area contributed by atoms with Crippen LogP contribution in [0.5, 0.6) is 0 Å². The molecule has 0 saturated heterocycles. The molecule has 0 fully saturated rings. The second-order valence-corrected chi connectivity index (χ2v) is 33.5. The van der Waals surface area contributed by atoms with E-state index in [0.29, 0.717) is 0 Å². The molecule has 2 aliphatic carbocycles. The Morgan fingerprint density at radius 2 is 1.37 bits per heavy atom. The topological polar surface area (TPSA) is 0 Å².